The summed E-state index contributed by atoms with van der Waals surface area (Å²) in [6.07, 6.45) is -10.1. The van der Waals surface area contributed by atoms with Crippen LogP contribution in [0.4, 0.5) is 31.1 Å². The van der Waals surface area contributed by atoms with Crippen LogP contribution in [0.2, 0.25) is 0 Å². The van der Waals surface area contributed by atoms with Crippen LogP contribution in [-0.2, 0) is 4.74 Å². The number of alkyl halides is 6. The van der Waals surface area contributed by atoms with Crippen LogP contribution in [0.25, 0.3) is 0 Å². The van der Waals surface area contributed by atoms with E-state index in [1.807, 2.05) is 5.32 Å². The molecule has 0 aliphatic rings. The first-order chi connectivity index (χ1) is 8.11. The number of hydrogen-bond donors (Lipinski definition) is 1. The number of carbonyl (C=O) groups is 1. The molecule has 0 bridgehead atoms. The second kappa shape index (κ2) is 6.69. The number of carbonyl (C=O) groups excluding carboxylic acids is 1. The van der Waals surface area contributed by atoms with Crippen LogP contribution in [0.3, 0.4) is 0 Å². The number of amides is 1. The number of ether oxygens (including phenoxy) is 1. The van der Waals surface area contributed by atoms with E-state index in [0.717, 1.165) is 6.42 Å². The molecule has 0 spiro atoms. The molecule has 0 fully saturated rings. The van der Waals surface area contributed by atoms with Gasteiger partial charge in [0.2, 0.25) is 0 Å². The molecule has 0 aromatic carbocycles. The summed E-state index contributed by atoms with van der Waals surface area (Å²) in [5.74, 6) is -4.81. The number of nitrogens with one attached hydrogen (secondary N) is 1. The van der Waals surface area contributed by atoms with Crippen molar-refractivity contribution in [2.24, 2.45) is 0 Å². The summed E-state index contributed by atoms with van der Waals surface area (Å²) in [5.41, 5.74) is 0. The molecular weight excluding hydrogens is 268 g/mol. The second-order valence-electron chi connectivity index (χ2n) is 3.52. The summed E-state index contributed by atoms with van der Waals surface area (Å²) in [6.45, 7) is -0.0247. The maximum atomic E-state index is 12.7. The Kier molecular flexibility index (Phi) is 6.27. The summed E-state index contributed by atoms with van der Waals surface area (Å²) >= 11 is 0. The topological polar surface area (TPSA) is 38.3 Å². The third-order valence-corrected chi connectivity index (χ3v) is 1.85. The molecule has 0 aliphatic heterocycles. The zero-order valence-corrected chi connectivity index (χ0v) is 9.49. The van der Waals surface area contributed by atoms with Gasteiger partial charge in [0.15, 0.2) is 6.61 Å². The molecule has 3 nitrogen and oxygen atoms in total. The highest BCUT2D eigenvalue weighted by molar-refractivity contribution is 5.67. The quantitative estimate of drug-likeness (QED) is 0.600. The van der Waals surface area contributed by atoms with E-state index in [4.69, 9.17) is 0 Å². The molecule has 0 aromatic rings. The minimum Gasteiger partial charge on any atom is -0.443 e. The molecule has 1 atom stereocenters. The van der Waals surface area contributed by atoms with Crippen molar-refractivity contribution in [2.45, 2.75) is 38.0 Å². The fraction of sp³-hybridized carbons (Fsp3) is 0.889. The summed E-state index contributed by atoms with van der Waals surface area (Å²) in [4.78, 5) is 10.8. The smallest absolute Gasteiger partial charge is 0.425 e. The van der Waals surface area contributed by atoms with Crippen molar-refractivity contribution in [3.63, 3.8) is 0 Å². The second-order valence-corrected chi connectivity index (χ2v) is 3.52. The number of halogens is 6. The number of alkyl carbamates (subject to hydrolysis) is 1. The molecule has 1 amide bonds. The van der Waals surface area contributed by atoms with Gasteiger partial charge in [-0.15, -0.1) is 0 Å². The third-order valence-electron chi connectivity index (χ3n) is 1.85. The van der Waals surface area contributed by atoms with Crippen molar-refractivity contribution < 1.29 is 35.9 Å². The van der Waals surface area contributed by atoms with Gasteiger partial charge in [0.25, 0.3) is 6.17 Å². The van der Waals surface area contributed by atoms with E-state index in [0.29, 0.717) is 6.42 Å². The van der Waals surface area contributed by atoms with Crippen molar-refractivity contribution >= 4 is 6.09 Å². The molecule has 0 radical (unpaired) electrons. The van der Waals surface area contributed by atoms with E-state index in [2.05, 4.69) is 4.74 Å². The molecule has 0 aromatic heterocycles. The lowest BCUT2D eigenvalue weighted by Crippen LogP contribution is -2.45. The largest absolute Gasteiger partial charge is 0.443 e. The molecule has 0 saturated carbocycles. The Bertz CT molecular complexity index is 268. The van der Waals surface area contributed by atoms with Gasteiger partial charge < -0.3 is 10.1 Å². The van der Waals surface area contributed by atoms with Crippen molar-refractivity contribution in [3.8, 4) is 0 Å². The van der Waals surface area contributed by atoms with E-state index in [-0.39, 0.29) is 6.54 Å². The lowest BCUT2D eigenvalue weighted by Gasteiger charge is -2.22. The lowest BCUT2D eigenvalue weighted by molar-refractivity contribution is -0.251. The van der Waals surface area contributed by atoms with Crippen LogP contribution >= 0.6 is 0 Å². The van der Waals surface area contributed by atoms with Gasteiger partial charge in [0.05, 0.1) is 0 Å². The average Bonchev–Trinajstić information content (AvgIpc) is 2.24. The van der Waals surface area contributed by atoms with Gasteiger partial charge in [0, 0.05) is 6.54 Å². The fourth-order valence-electron chi connectivity index (χ4n) is 0.893. The Morgan fingerprint density at radius 3 is 2.28 bits per heavy atom. The third kappa shape index (κ3) is 5.97. The van der Waals surface area contributed by atoms with Gasteiger partial charge in [-0.1, -0.05) is 13.3 Å². The first-order valence-corrected chi connectivity index (χ1v) is 5.10. The van der Waals surface area contributed by atoms with E-state index >= 15 is 0 Å². The van der Waals surface area contributed by atoms with Crippen LogP contribution < -0.4 is 5.32 Å². The van der Waals surface area contributed by atoms with Crippen molar-refractivity contribution in [2.75, 3.05) is 13.2 Å². The van der Waals surface area contributed by atoms with Crippen LogP contribution in [0.15, 0.2) is 0 Å². The summed E-state index contributed by atoms with van der Waals surface area (Å²) in [6, 6.07) is 0. The van der Waals surface area contributed by atoms with Crippen molar-refractivity contribution in [1.29, 1.82) is 0 Å². The monoisotopic (exact) mass is 281 g/mol. The summed E-state index contributed by atoms with van der Waals surface area (Å²) < 4.78 is 76.6. The van der Waals surface area contributed by atoms with Crippen LogP contribution in [-0.4, -0.2) is 37.5 Å². The van der Waals surface area contributed by atoms with E-state index < -0.39 is 31.0 Å². The van der Waals surface area contributed by atoms with E-state index in [1.54, 1.807) is 6.92 Å². The Labute approximate surface area is 99.5 Å². The fourth-order valence-corrected chi connectivity index (χ4v) is 0.893. The lowest BCUT2D eigenvalue weighted by atomic mass is 10.2. The number of rotatable bonds is 6. The van der Waals surface area contributed by atoms with Crippen LogP contribution in [0.5, 0.6) is 0 Å². The molecule has 0 heterocycles. The summed E-state index contributed by atoms with van der Waals surface area (Å²) in [7, 11) is 0. The maximum Gasteiger partial charge on any atom is 0.425 e. The highest BCUT2D eigenvalue weighted by Gasteiger charge is 2.57. The zero-order chi connectivity index (χ0) is 14.4. The predicted octanol–water partition coefficient (Wildman–Crippen LogP) is 3.05. The van der Waals surface area contributed by atoms with E-state index in [1.165, 1.54) is 0 Å². The highest BCUT2D eigenvalue weighted by Crippen LogP contribution is 2.34. The predicted molar refractivity (Wildman–Crippen MR) is 50.2 cm³/mol. The minimum atomic E-state index is -5.70. The van der Waals surface area contributed by atoms with Gasteiger partial charge in [-0.25, -0.2) is 9.18 Å². The average molecular weight is 281 g/mol. The highest BCUT2D eigenvalue weighted by atomic mass is 19.4. The van der Waals surface area contributed by atoms with Gasteiger partial charge in [0.1, 0.15) is 0 Å². The molecular formula is C9H13F6NO2. The first-order valence-electron chi connectivity index (χ1n) is 5.10. The maximum absolute atomic E-state index is 12.7. The molecule has 0 rings (SSSR count). The molecule has 1 unspecified atom stereocenters. The normalized spacial score (nSPS) is 14.2. The van der Waals surface area contributed by atoms with Crippen molar-refractivity contribution in [1.82, 2.24) is 5.32 Å². The molecule has 0 aliphatic carbocycles. The minimum absolute atomic E-state index is 0.138. The Hall–Kier alpha value is -1.15. The number of unbranched alkanes of at least 4 members (excludes halogenated alkanes) is 1. The van der Waals surface area contributed by atoms with E-state index in [9.17, 15) is 31.1 Å². The zero-order valence-electron chi connectivity index (χ0n) is 9.49. The van der Waals surface area contributed by atoms with Gasteiger partial charge in [-0.2, -0.15) is 22.0 Å². The Balaban J connectivity index is 4.14. The first kappa shape index (κ1) is 16.9. The standard InChI is InChI=1S/C9H13F6NO2/c1-2-3-4-16-7(17)18-5-8(11,12)6(10)9(13,14)15/h6H,2-5H2,1H3,(H,16,17). The number of hydrogen-bond acceptors (Lipinski definition) is 2. The molecule has 18 heavy (non-hydrogen) atoms. The van der Waals surface area contributed by atoms with Crippen molar-refractivity contribution in [3.05, 3.63) is 0 Å². The van der Waals surface area contributed by atoms with Gasteiger partial charge in [-0.3, -0.25) is 0 Å². The van der Waals surface area contributed by atoms with Crippen LogP contribution in [0.1, 0.15) is 19.8 Å². The van der Waals surface area contributed by atoms with Gasteiger partial charge >= 0.3 is 18.2 Å². The molecule has 9 heteroatoms. The molecule has 0 saturated heterocycles. The molecule has 1 N–H and O–H groups in total. The Morgan fingerprint density at radius 1 is 1.28 bits per heavy atom. The summed E-state index contributed by atoms with van der Waals surface area (Å²) in [5, 5.41) is 2.04. The molecule has 108 valence electrons. The van der Waals surface area contributed by atoms with Crippen LogP contribution in [0, 0.1) is 0 Å². The Morgan fingerprint density at radius 2 is 1.83 bits per heavy atom. The van der Waals surface area contributed by atoms with Gasteiger partial charge in [-0.05, 0) is 6.42 Å². The SMILES string of the molecule is CCCCNC(=O)OCC(F)(F)C(F)C(F)(F)F.